The van der Waals surface area contributed by atoms with Crippen LogP contribution >= 0.6 is 11.6 Å². The first-order chi connectivity index (χ1) is 7.24. The average Bonchev–Trinajstić information content (AvgIpc) is 2.21. The molecule has 0 atom stereocenters. The summed E-state index contributed by atoms with van der Waals surface area (Å²) < 4.78 is 4.77. The summed E-state index contributed by atoms with van der Waals surface area (Å²) in [6.45, 7) is 2.18. The number of esters is 1. The van der Waals surface area contributed by atoms with E-state index >= 15 is 0 Å². The molecule has 0 aliphatic rings. The molecule has 0 saturated carbocycles. The molecule has 80 valence electrons. The fraction of sp³-hybridized carbons (Fsp3) is 0.273. The van der Waals surface area contributed by atoms with E-state index < -0.39 is 0 Å². The van der Waals surface area contributed by atoms with Crippen molar-refractivity contribution < 1.29 is 9.53 Å². The third-order valence-electron chi connectivity index (χ3n) is 1.69. The van der Waals surface area contributed by atoms with E-state index in [0.29, 0.717) is 11.6 Å². The lowest BCUT2D eigenvalue weighted by Gasteiger charge is -1.97. The van der Waals surface area contributed by atoms with Gasteiger partial charge in [-0.25, -0.2) is 0 Å². The second-order valence-corrected chi connectivity index (χ2v) is 3.22. The van der Waals surface area contributed by atoms with Gasteiger partial charge in [-0.1, -0.05) is 23.8 Å². The molecule has 1 aromatic rings. The molecule has 0 amide bonds. The summed E-state index contributed by atoms with van der Waals surface area (Å²) in [5.41, 5.74) is 0.843. The molecule has 0 unspecified atom stereocenters. The van der Waals surface area contributed by atoms with Gasteiger partial charge in [-0.2, -0.15) is 0 Å². The largest absolute Gasteiger partial charge is 0.466 e. The van der Waals surface area contributed by atoms with Crippen molar-refractivity contribution in [1.82, 2.24) is 4.98 Å². The Hall–Kier alpha value is -1.35. The van der Waals surface area contributed by atoms with Crippen molar-refractivity contribution in [3.63, 3.8) is 0 Å². The van der Waals surface area contributed by atoms with E-state index in [9.17, 15) is 4.79 Å². The third-order valence-corrected chi connectivity index (χ3v) is 2.01. The monoisotopic (exact) mass is 225 g/mol. The van der Waals surface area contributed by atoms with Gasteiger partial charge in [-0.3, -0.25) is 9.78 Å². The Morgan fingerprint density at radius 3 is 3.13 bits per heavy atom. The molecule has 0 aromatic carbocycles. The molecule has 3 nitrogen and oxygen atoms in total. The molecule has 0 N–H and O–H groups in total. The van der Waals surface area contributed by atoms with Gasteiger partial charge >= 0.3 is 5.97 Å². The number of carbonyl (C=O) groups is 1. The standard InChI is InChI=1S/C11H12ClNO2/c1-2-15-11(14)5-3-4-9-6-7-13-8-10(9)12/h3-4,6-8H,2,5H2,1H3. The van der Waals surface area contributed by atoms with Crippen molar-refractivity contribution in [3.8, 4) is 0 Å². The number of pyridine rings is 1. The first kappa shape index (κ1) is 11.7. The first-order valence-corrected chi connectivity index (χ1v) is 5.03. The lowest BCUT2D eigenvalue weighted by molar-refractivity contribution is -0.142. The van der Waals surface area contributed by atoms with E-state index in [2.05, 4.69) is 4.98 Å². The molecule has 1 rings (SSSR count). The maximum absolute atomic E-state index is 11.0. The molecule has 0 aliphatic heterocycles. The highest BCUT2D eigenvalue weighted by Gasteiger charge is 1.98. The lowest BCUT2D eigenvalue weighted by atomic mass is 10.2. The van der Waals surface area contributed by atoms with Crippen LogP contribution in [0, 0.1) is 0 Å². The van der Waals surface area contributed by atoms with Crippen LogP contribution in [0.1, 0.15) is 18.9 Å². The second-order valence-electron chi connectivity index (χ2n) is 2.81. The molecule has 15 heavy (non-hydrogen) atoms. The molecule has 0 fully saturated rings. The smallest absolute Gasteiger partial charge is 0.309 e. The second kappa shape index (κ2) is 6.19. The highest BCUT2D eigenvalue weighted by molar-refractivity contribution is 6.31. The van der Waals surface area contributed by atoms with E-state index in [0.717, 1.165) is 5.56 Å². The van der Waals surface area contributed by atoms with Crippen LogP contribution < -0.4 is 0 Å². The fourth-order valence-corrected chi connectivity index (χ4v) is 1.21. The number of hydrogen-bond donors (Lipinski definition) is 0. The Morgan fingerprint density at radius 1 is 1.67 bits per heavy atom. The number of ether oxygens (including phenoxy) is 1. The highest BCUT2D eigenvalue weighted by atomic mass is 35.5. The number of nitrogens with zero attached hydrogens (tertiary/aromatic N) is 1. The summed E-state index contributed by atoms with van der Waals surface area (Å²) in [5, 5.41) is 0.567. The van der Waals surface area contributed by atoms with E-state index in [1.165, 1.54) is 0 Å². The van der Waals surface area contributed by atoms with Gasteiger partial charge in [0.1, 0.15) is 0 Å². The fourth-order valence-electron chi connectivity index (χ4n) is 1.02. The first-order valence-electron chi connectivity index (χ1n) is 4.65. The zero-order valence-corrected chi connectivity index (χ0v) is 9.20. The number of rotatable bonds is 4. The van der Waals surface area contributed by atoms with Gasteiger partial charge in [0.2, 0.25) is 0 Å². The van der Waals surface area contributed by atoms with Gasteiger partial charge in [0.15, 0.2) is 0 Å². The minimum atomic E-state index is -0.237. The van der Waals surface area contributed by atoms with Crippen LogP contribution in [0.4, 0.5) is 0 Å². The van der Waals surface area contributed by atoms with Gasteiger partial charge in [-0.05, 0) is 18.6 Å². The van der Waals surface area contributed by atoms with Crippen LogP contribution in [0.3, 0.4) is 0 Å². The minimum Gasteiger partial charge on any atom is -0.466 e. The SMILES string of the molecule is CCOC(=O)CC=Cc1ccncc1Cl. The molecule has 1 aromatic heterocycles. The molecular formula is C11H12ClNO2. The van der Waals surface area contributed by atoms with Crippen molar-refractivity contribution >= 4 is 23.6 Å². The summed E-state index contributed by atoms with van der Waals surface area (Å²) in [7, 11) is 0. The van der Waals surface area contributed by atoms with Crippen molar-refractivity contribution in [2.75, 3.05) is 6.61 Å². The van der Waals surface area contributed by atoms with Crippen molar-refractivity contribution in [3.05, 3.63) is 35.1 Å². The van der Waals surface area contributed by atoms with Gasteiger partial charge in [-0.15, -0.1) is 0 Å². The number of carbonyl (C=O) groups excluding carboxylic acids is 1. The zero-order chi connectivity index (χ0) is 11.1. The minimum absolute atomic E-state index is 0.237. The molecule has 0 radical (unpaired) electrons. The highest BCUT2D eigenvalue weighted by Crippen LogP contribution is 2.14. The number of aromatic nitrogens is 1. The summed E-state index contributed by atoms with van der Waals surface area (Å²) >= 11 is 5.87. The molecule has 0 bridgehead atoms. The van der Waals surface area contributed by atoms with Gasteiger partial charge in [0.25, 0.3) is 0 Å². The average molecular weight is 226 g/mol. The van der Waals surface area contributed by atoms with Crippen LogP contribution in [0.2, 0.25) is 5.02 Å². The van der Waals surface area contributed by atoms with Crippen LogP contribution in [0.25, 0.3) is 6.08 Å². The van der Waals surface area contributed by atoms with E-state index in [4.69, 9.17) is 16.3 Å². The van der Waals surface area contributed by atoms with E-state index in [-0.39, 0.29) is 12.4 Å². The van der Waals surface area contributed by atoms with Crippen LogP contribution in [-0.2, 0) is 9.53 Å². The Bertz CT molecular complexity index is 363. The topological polar surface area (TPSA) is 39.2 Å². The van der Waals surface area contributed by atoms with Gasteiger partial charge < -0.3 is 4.74 Å². The molecule has 0 aliphatic carbocycles. The van der Waals surface area contributed by atoms with Crippen molar-refractivity contribution in [1.29, 1.82) is 0 Å². The number of hydrogen-bond acceptors (Lipinski definition) is 3. The van der Waals surface area contributed by atoms with E-state index in [1.807, 2.05) is 0 Å². The third kappa shape index (κ3) is 4.13. The van der Waals surface area contributed by atoms with Crippen LogP contribution in [0.5, 0.6) is 0 Å². The predicted octanol–water partition coefficient (Wildman–Crippen LogP) is 2.70. The molecule has 0 saturated heterocycles. The molecular weight excluding hydrogens is 214 g/mol. The Kier molecular flexibility index (Phi) is 4.84. The van der Waals surface area contributed by atoms with Crippen molar-refractivity contribution in [2.24, 2.45) is 0 Å². The molecule has 1 heterocycles. The Balaban J connectivity index is 2.52. The van der Waals surface area contributed by atoms with E-state index in [1.54, 1.807) is 37.5 Å². The Labute approximate surface area is 93.7 Å². The molecule has 0 spiro atoms. The quantitative estimate of drug-likeness (QED) is 0.740. The zero-order valence-electron chi connectivity index (χ0n) is 8.44. The summed E-state index contributed by atoms with van der Waals surface area (Å²) in [6.07, 6.45) is 6.97. The number of halogens is 1. The Morgan fingerprint density at radius 2 is 2.47 bits per heavy atom. The summed E-state index contributed by atoms with van der Waals surface area (Å²) in [4.78, 5) is 14.9. The van der Waals surface area contributed by atoms with Gasteiger partial charge in [0, 0.05) is 12.4 Å². The van der Waals surface area contributed by atoms with Crippen LogP contribution in [-0.4, -0.2) is 17.6 Å². The summed E-state index contributed by atoms with van der Waals surface area (Å²) in [5.74, 6) is -0.237. The maximum Gasteiger partial charge on any atom is 0.309 e. The predicted molar refractivity (Wildman–Crippen MR) is 59.5 cm³/mol. The summed E-state index contributed by atoms with van der Waals surface area (Å²) in [6, 6.07) is 1.78. The maximum atomic E-state index is 11.0. The van der Waals surface area contributed by atoms with Crippen molar-refractivity contribution in [2.45, 2.75) is 13.3 Å². The van der Waals surface area contributed by atoms with Crippen LogP contribution in [0.15, 0.2) is 24.5 Å². The molecule has 4 heteroatoms. The van der Waals surface area contributed by atoms with Gasteiger partial charge in [0.05, 0.1) is 18.1 Å². The lowest BCUT2D eigenvalue weighted by Crippen LogP contribution is -2.01. The normalized spacial score (nSPS) is 10.5.